The monoisotopic (exact) mass is 1850 g/mol. The quantitative estimate of drug-likeness (QED) is 0.0131. The second-order valence-corrected chi connectivity index (χ2v) is 32.3. The van der Waals surface area contributed by atoms with Crippen LogP contribution in [0.3, 0.4) is 0 Å². The number of benzene rings is 5. The third-order valence-electron chi connectivity index (χ3n) is 18.0. The molecule has 0 saturated carbocycles. The molecule has 8 rings (SSSR count). The van der Waals surface area contributed by atoms with E-state index < -0.39 is 125 Å². The maximum absolute atomic E-state index is 15.1. The Balaban J connectivity index is 0.983. The van der Waals surface area contributed by atoms with Gasteiger partial charge in [-0.15, -0.1) is 11.8 Å². The molecular weight excluding hydrogens is 1770 g/mol. The zero-order valence-electron chi connectivity index (χ0n) is 60.5. The van der Waals surface area contributed by atoms with Crippen molar-refractivity contribution in [1.29, 1.82) is 0 Å². The van der Waals surface area contributed by atoms with Crippen LogP contribution in [0.2, 0.25) is 5.02 Å². The van der Waals surface area contributed by atoms with Crippen LogP contribution in [-0.4, -0.2) is 241 Å². The molecule has 2 atom stereocenters. The number of rotatable bonds is 43. The van der Waals surface area contributed by atoms with Gasteiger partial charge in [0.2, 0.25) is 68.6 Å². The van der Waals surface area contributed by atoms with Gasteiger partial charge in [-0.3, -0.25) is 47.9 Å². The molecule has 0 radical (unpaired) electrons. The lowest BCUT2D eigenvalue weighted by Crippen LogP contribution is -2.53. The highest BCUT2D eigenvalue weighted by Crippen LogP contribution is 2.50. The van der Waals surface area contributed by atoms with Crippen molar-refractivity contribution in [2.45, 2.75) is 74.1 Å². The fourth-order valence-electron chi connectivity index (χ4n) is 12.1. The van der Waals surface area contributed by atoms with E-state index in [-0.39, 0.29) is 157 Å². The van der Waals surface area contributed by atoms with Crippen LogP contribution in [-0.2, 0) is 82.0 Å². The van der Waals surface area contributed by atoms with Crippen LogP contribution < -0.4 is 37.6 Å². The van der Waals surface area contributed by atoms with Crippen LogP contribution in [0.1, 0.15) is 60.0 Å². The Morgan fingerprint density at radius 1 is 0.721 bits per heavy atom. The average Bonchev–Trinajstić information content (AvgIpc) is 1.09. The maximum Gasteiger partial charge on any atom is 0.336 e. The number of ether oxygens (including phenoxy) is 2. The van der Waals surface area contributed by atoms with Crippen LogP contribution in [0.5, 0.6) is 5.75 Å². The molecule has 1 aliphatic carbocycles. The number of carbonyl (C=O) groups is 10. The molecule has 1 aromatic heterocycles. The Labute approximate surface area is 682 Å². The molecule has 3 heterocycles. The summed E-state index contributed by atoms with van der Waals surface area (Å²) >= 11 is 20.3. The Kier molecular flexibility index (Phi) is 33.5. The van der Waals surface area contributed by atoms with Crippen LogP contribution in [0.15, 0.2) is 130 Å². The number of thioether (sulfide) groups is 1. The van der Waals surface area contributed by atoms with Gasteiger partial charge in [-0.1, -0.05) is 41.9 Å². The van der Waals surface area contributed by atoms with Crippen molar-refractivity contribution < 1.29 is 80.5 Å². The van der Waals surface area contributed by atoms with Gasteiger partial charge in [-0.25, -0.2) is 28.2 Å². The number of phenols is 1. The molecule has 38 heteroatoms. The lowest BCUT2D eigenvalue weighted by Gasteiger charge is -2.32. The smallest absolute Gasteiger partial charge is 0.336 e. The first-order chi connectivity index (χ1) is 52.9. The first-order valence-corrected chi connectivity index (χ1v) is 41.1. The first-order valence-electron chi connectivity index (χ1n) is 34.9. The molecule has 1 fully saturated rings. The number of imidazole rings is 1. The van der Waals surface area contributed by atoms with E-state index in [2.05, 4.69) is 79.3 Å². The van der Waals surface area contributed by atoms with Gasteiger partial charge in [-0.2, -0.15) is 0 Å². The van der Waals surface area contributed by atoms with E-state index in [9.17, 15) is 66.6 Å². The highest BCUT2D eigenvalue weighted by molar-refractivity contribution is 9.11. The number of carboxylic acids is 1. The molecule has 5 aromatic rings. The molecule has 10 N–H and O–H groups in total. The standard InChI is InChI=1S/C73H84Br4ClN13O18S2/c1-107-30-6-25-86(37-57(92)84-55(71(80)101)42-110-56-35-58(93)91(72(56)102)47-14-17-49(50(32-47)73(103)104)64-51-33-53(74)67(99)65(76)69(51)109-70-52(64)34-54(75)68(100)66(70)77)60(95)38-88(26-7-31-108-2)62(97)41-90(28-19-44-8-12-46(78)13-9-44)63(98)39-87(24-5-23-85-29-22-83-43-85)61(96)40-89(59(94)36-82-21-4-3-20-79)27-18-45-10-15-48(16-11-45)111(81,105)106/h8-17,22,29,32-34,43,55-56,82,99H,3-7,18-21,23-28,30-31,35-42,79H2,1-2H3,(H2,80,101)(H,84,92)(H,103,104)(H2,81,105,106). The summed E-state index contributed by atoms with van der Waals surface area (Å²) < 4.78 is 43.0. The number of sulfonamides is 1. The second kappa shape index (κ2) is 42.1. The van der Waals surface area contributed by atoms with Crippen molar-refractivity contribution in [3.8, 4) is 28.2 Å². The number of imide groups is 1. The number of carbonyl (C=O) groups excluding carboxylic acids is 9. The number of phenolic OH excluding ortho intramolecular Hbond substituents is 1. The fraction of sp³-hybridized carbons (Fsp3) is 0.397. The van der Waals surface area contributed by atoms with Gasteiger partial charge < -0.3 is 75.3 Å². The number of aromatic nitrogens is 2. The number of methoxy groups -OCH3 is 2. The summed E-state index contributed by atoms with van der Waals surface area (Å²) in [6.07, 6.45) is 7.05. The fourth-order valence-corrected chi connectivity index (χ4v) is 16.3. The number of fused-ring (bicyclic) bond motifs is 2. The van der Waals surface area contributed by atoms with E-state index in [1.165, 1.54) is 70.2 Å². The van der Waals surface area contributed by atoms with E-state index in [0.29, 0.717) is 49.5 Å². The molecule has 0 bridgehead atoms. The van der Waals surface area contributed by atoms with Crippen LogP contribution in [0.25, 0.3) is 33.4 Å². The van der Waals surface area contributed by atoms with Gasteiger partial charge in [0.15, 0.2) is 11.3 Å². The van der Waals surface area contributed by atoms with Gasteiger partial charge in [0.25, 0.3) is 0 Å². The number of primary amides is 1. The van der Waals surface area contributed by atoms with Crippen molar-refractivity contribution >= 4 is 173 Å². The van der Waals surface area contributed by atoms with Crippen LogP contribution >= 0.6 is 87.1 Å². The Bertz CT molecular complexity index is 4680. The number of anilines is 1. The normalized spacial score (nSPS) is 13.2. The number of unbranched alkanes of at least 4 members (excludes halogenated alkanes) is 1. The zero-order valence-corrected chi connectivity index (χ0v) is 69.2. The van der Waals surface area contributed by atoms with Gasteiger partial charge in [0.05, 0.1) is 75.9 Å². The minimum Gasteiger partial charge on any atom is -0.505 e. The summed E-state index contributed by atoms with van der Waals surface area (Å²) in [6, 6.07) is 18.0. The lowest BCUT2D eigenvalue weighted by atomic mass is 9.90. The second-order valence-electron chi connectivity index (χ2n) is 25.8. The first kappa shape index (κ1) is 88.4. The number of nitrogens with one attached hydrogen (secondary N) is 2. The molecule has 31 nitrogen and oxygen atoms in total. The molecular formula is C73H84Br4ClN13O18S2. The molecule has 111 heavy (non-hydrogen) atoms. The van der Waals surface area contributed by atoms with Crippen molar-refractivity contribution in [1.82, 2.24) is 44.7 Å². The summed E-state index contributed by atoms with van der Waals surface area (Å²) in [7, 11) is -1.12. The van der Waals surface area contributed by atoms with E-state index in [1.807, 2.05) is 0 Å². The number of amides is 9. The van der Waals surface area contributed by atoms with Gasteiger partial charge in [-0.05, 0) is 187 Å². The molecule has 3 aliphatic rings. The van der Waals surface area contributed by atoms with Crippen molar-refractivity contribution in [2.24, 2.45) is 16.6 Å². The number of carboxylic acid groups (broad SMARTS) is 1. The zero-order chi connectivity index (χ0) is 80.8. The maximum atomic E-state index is 15.1. The predicted octanol–water partition coefficient (Wildman–Crippen LogP) is 5.97. The number of halogens is 5. The number of aromatic hydroxyl groups is 1. The SMILES string of the molecule is COCCCN(CC(=O)NC(CSC1CC(=O)N(c2ccc(-c3c4cc(Br)c(=O)c(Br)c-4oc4c(Br)c(O)c(Br)cc34)c(C(=O)O)c2)C1=O)C(N)=O)C(=O)CN(CCCOC)C(=O)CN(CCc1ccc(Cl)cc1)C(=O)CN(CCCn1ccnc1)C(=O)CN(CCc1ccc(S(N)(=O)=O)cc1)C(=O)CNCCCCN. The van der Waals surface area contributed by atoms with E-state index >= 15 is 4.79 Å². The van der Waals surface area contributed by atoms with E-state index in [0.717, 1.165) is 33.2 Å². The van der Waals surface area contributed by atoms with E-state index in [1.54, 1.807) is 59.7 Å². The topological polar surface area (TPSA) is 433 Å². The van der Waals surface area contributed by atoms with Gasteiger partial charge in [0.1, 0.15) is 20.7 Å². The lowest BCUT2D eigenvalue weighted by molar-refractivity contribution is -0.147. The molecule has 9 amide bonds. The molecule has 4 aromatic carbocycles. The van der Waals surface area contributed by atoms with Crippen molar-refractivity contribution in [3.05, 3.63) is 147 Å². The number of hydrogen-bond acceptors (Lipinski definition) is 21. The summed E-state index contributed by atoms with van der Waals surface area (Å²) in [5, 5.41) is 32.2. The van der Waals surface area contributed by atoms with Gasteiger partial charge >= 0.3 is 5.97 Å². The highest BCUT2D eigenvalue weighted by atomic mass is 79.9. The van der Waals surface area contributed by atoms with E-state index in [4.69, 9.17) is 42.1 Å². The number of nitrogens with two attached hydrogens (primary N) is 3. The highest BCUT2D eigenvalue weighted by Gasteiger charge is 2.42. The third-order valence-corrected chi connectivity index (χ3v) is 23.1. The number of primary sulfonamides is 1. The number of nitrogens with zero attached hydrogens (tertiary/aromatic N) is 8. The number of hydrogen-bond donors (Lipinski definition) is 7. The largest absolute Gasteiger partial charge is 0.505 e. The number of aromatic carboxylic acids is 1. The summed E-state index contributed by atoms with van der Waals surface area (Å²) in [4.78, 5) is 166. The predicted molar refractivity (Wildman–Crippen MR) is 429 cm³/mol. The van der Waals surface area contributed by atoms with Crippen molar-refractivity contribution in [3.63, 3.8) is 0 Å². The molecule has 2 unspecified atom stereocenters. The molecule has 1 saturated heterocycles. The molecule has 0 spiro atoms. The summed E-state index contributed by atoms with van der Waals surface area (Å²) in [5.74, 6) is -8.60. The summed E-state index contributed by atoms with van der Waals surface area (Å²) in [5.41, 5.74) is 12.6. The Hall–Kier alpha value is -8.21. The average molecular weight is 1850 g/mol. The molecule has 596 valence electrons. The number of aryl methyl sites for hydroxylation is 1. The van der Waals surface area contributed by atoms with Crippen LogP contribution in [0, 0.1) is 0 Å². The minimum absolute atomic E-state index is 0.00981. The Morgan fingerprint density at radius 3 is 1.84 bits per heavy atom. The van der Waals surface area contributed by atoms with Gasteiger partial charge in [0, 0.05) is 113 Å². The molecule has 2 aliphatic heterocycles. The minimum atomic E-state index is -4.00. The summed E-state index contributed by atoms with van der Waals surface area (Å²) in [6.45, 7) is -1.71. The van der Waals surface area contributed by atoms with Crippen LogP contribution in [0.4, 0.5) is 5.69 Å². The third kappa shape index (κ3) is 24.4. The Morgan fingerprint density at radius 2 is 1.29 bits per heavy atom. The van der Waals surface area contributed by atoms with Crippen molar-refractivity contribution in [2.75, 3.05) is 123 Å².